The number of fused-ring (bicyclic) bond motifs is 1. The Balaban J connectivity index is 1.17. The highest BCUT2D eigenvalue weighted by atomic mass is 32.2. The minimum Gasteiger partial charge on any atom is -0.494 e. The molecule has 6 nitrogen and oxygen atoms in total. The summed E-state index contributed by atoms with van der Waals surface area (Å²) in [6, 6.07) is 19.8. The van der Waals surface area contributed by atoms with E-state index in [0.29, 0.717) is 17.5 Å². The number of likely N-dealkylation sites (tertiary alicyclic amines) is 2. The molecule has 218 valence electrons. The van der Waals surface area contributed by atoms with Crippen LogP contribution in [0, 0.1) is 0 Å². The number of hydrogen-bond acceptors (Lipinski definition) is 5. The second kappa shape index (κ2) is 12.4. The van der Waals surface area contributed by atoms with Gasteiger partial charge in [0.2, 0.25) is 0 Å². The third kappa shape index (κ3) is 6.21. The van der Waals surface area contributed by atoms with Crippen LogP contribution in [-0.2, 0) is 9.84 Å². The molecule has 0 N–H and O–H groups in total. The number of carbonyl (C=O) groups is 1. The van der Waals surface area contributed by atoms with Crippen LogP contribution in [0.5, 0.6) is 5.75 Å². The average Bonchev–Trinajstić information content (AvgIpc) is 3.00. The van der Waals surface area contributed by atoms with Crippen molar-refractivity contribution < 1.29 is 17.9 Å². The normalized spacial score (nSPS) is 17.3. The molecule has 0 bridgehead atoms. The van der Waals surface area contributed by atoms with Crippen molar-refractivity contribution in [1.29, 1.82) is 0 Å². The Bertz CT molecular complexity index is 1520. The van der Waals surface area contributed by atoms with Gasteiger partial charge in [-0.3, -0.25) is 9.69 Å². The third-order valence-corrected chi connectivity index (χ3v) is 11.0. The highest BCUT2D eigenvalue weighted by molar-refractivity contribution is 7.92. The molecule has 5 rings (SSSR count). The number of amides is 1. The van der Waals surface area contributed by atoms with Gasteiger partial charge >= 0.3 is 0 Å². The van der Waals surface area contributed by atoms with Crippen LogP contribution in [0.3, 0.4) is 0 Å². The van der Waals surface area contributed by atoms with Crippen LogP contribution in [0.2, 0.25) is 0 Å². The minimum absolute atomic E-state index is 0.116. The van der Waals surface area contributed by atoms with E-state index in [1.165, 1.54) is 11.1 Å². The van der Waals surface area contributed by atoms with E-state index in [0.717, 1.165) is 79.5 Å². The lowest BCUT2D eigenvalue weighted by Gasteiger charge is -2.41. The largest absolute Gasteiger partial charge is 0.494 e. The molecule has 0 atom stereocenters. The van der Waals surface area contributed by atoms with Crippen molar-refractivity contribution in [2.75, 3.05) is 32.8 Å². The standard InChI is InChI=1S/C34H42N2O4S/c1-5-40-30-11-14-32-28(23-30)7-6-8-33(32)34(37)36-21-17-29(18-22-36)35-19-15-27(16-20-35)25(4)26-9-12-31(13-10-26)41(38,39)24(2)3/h6-14,23-24,29H,5,15-22H2,1-4H3. The summed E-state index contributed by atoms with van der Waals surface area (Å²) in [4.78, 5) is 18.5. The van der Waals surface area contributed by atoms with Gasteiger partial charge in [0.05, 0.1) is 16.8 Å². The van der Waals surface area contributed by atoms with Crippen molar-refractivity contribution in [3.8, 4) is 5.75 Å². The van der Waals surface area contributed by atoms with Gasteiger partial charge in [-0.25, -0.2) is 8.42 Å². The van der Waals surface area contributed by atoms with Crippen LogP contribution >= 0.6 is 0 Å². The summed E-state index contributed by atoms with van der Waals surface area (Å²) in [6.45, 7) is 11.8. The maximum absolute atomic E-state index is 13.5. The first-order valence-corrected chi connectivity index (χ1v) is 16.5. The Morgan fingerprint density at radius 2 is 1.63 bits per heavy atom. The van der Waals surface area contributed by atoms with Crippen molar-refractivity contribution >= 4 is 32.1 Å². The predicted molar refractivity (Wildman–Crippen MR) is 166 cm³/mol. The highest BCUT2D eigenvalue weighted by Crippen LogP contribution is 2.31. The molecule has 2 heterocycles. The zero-order valence-corrected chi connectivity index (χ0v) is 25.5. The molecular weight excluding hydrogens is 532 g/mol. The number of allylic oxidation sites excluding steroid dienone is 1. The molecule has 0 aromatic heterocycles. The Labute approximate surface area is 244 Å². The van der Waals surface area contributed by atoms with Crippen molar-refractivity contribution in [2.45, 2.75) is 69.6 Å². The summed E-state index contributed by atoms with van der Waals surface area (Å²) in [6.07, 6.45) is 4.04. The number of carbonyl (C=O) groups excluding carboxylic acids is 1. The molecule has 0 saturated carbocycles. The highest BCUT2D eigenvalue weighted by Gasteiger charge is 2.30. The van der Waals surface area contributed by atoms with E-state index in [-0.39, 0.29) is 5.91 Å². The molecular formula is C34H42N2O4S. The van der Waals surface area contributed by atoms with Gasteiger partial charge in [-0.2, -0.15) is 0 Å². The van der Waals surface area contributed by atoms with Gasteiger partial charge in [0.25, 0.3) is 5.91 Å². The van der Waals surface area contributed by atoms with E-state index >= 15 is 0 Å². The molecule has 0 aliphatic carbocycles. The second-order valence-corrected chi connectivity index (χ2v) is 14.0. The van der Waals surface area contributed by atoms with Crippen LogP contribution in [0.15, 0.2) is 71.1 Å². The maximum Gasteiger partial charge on any atom is 0.254 e. The van der Waals surface area contributed by atoms with Gasteiger partial charge in [0, 0.05) is 37.8 Å². The van der Waals surface area contributed by atoms with E-state index in [9.17, 15) is 13.2 Å². The van der Waals surface area contributed by atoms with Gasteiger partial charge < -0.3 is 9.64 Å². The van der Waals surface area contributed by atoms with Gasteiger partial charge in [0.1, 0.15) is 5.75 Å². The van der Waals surface area contributed by atoms with Crippen molar-refractivity contribution in [2.24, 2.45) is 0 Å². The molecule has 0 radical (unpaired) electrons. The lowest BCUT2D eigenvalue weighted by molar-refractivity contribution is 0.0610. The predicted octanol–water partition coefficient (Wildman–Crippen LogP) is 6.59. The van der Waals surface area contributed by atoms with E-state index in [1.807, 2.05) is 60.4 Å². The second-order valence-electron chi connectivity index (χ2n) is 11.5. The molecule has 7 heteroatoms. The summed E-state index contributed by atoms with van der Waals surface area (Å²) in [5.74, 6) is 0.944. The topological polar surface area (TPSA) is 66.9 Å². The number of benzene rings is 3. The third-order valence-electron chi connectivity index (χ3n) is 8.83. The van der Waals surface area contributed by atoms with Crippen molar-refractivity contribution in [3.63, 3.8) is 0 Å². The molecule has 0 spiro atoms. The summed E-state index contributed by atoms with van der Waals surface area (Å²) in [7, 11) is -3.25. The van der Waals surface area contributed by atoms with Crippen LogP contribution in [-0.4, -0.2) is 68.2 Å². The Kier molecular flexibility index (Phi) is 8.85. The number of nitrogens with zero attached hydrogens (tertiary/aromatic N) is 2. The number of sulfone groups is 1. The van der Waals surface area contributed by atoms with E-state index in [4.69, 9.17) is 4.74 Å². The monoisotopic (exact) mass is 574 g/mol. The van der Waals surface area contributed by atoms with Gasteiger partial charge in [-0.05, 0) is 112 Å². The zero-order chi connectivity index (χ0) is 29.1. The first-order chi connectivity index (χ1) is 19.7. The average molecular weight is 575 g/mol. The molecule has 2 saturated heterocycles. The lowest BCUT2D eigenvalue weighted by Crippen LogP contribution is -2.48. The first-order valence-electron chi connectivity index (χ1n) is 14.9. The summed E-state index contributed by atoms with van der Waals surface area (Å²) in [5, 5.41) is 1.58. The van der Waals surface area contributed by atoms with E-state index in [1.54, 1.807) is 26.0 Å². The van der Waals surface area contributed by atoms with E-state index in [2.05, 4.69) is 11.8 Å². The molecule has 3 aromatic rings. The van der Waals surface area contributed by atoms with Crippen LogP contribution < -0.4 is 4.74 Å². The van der Waals surface area contributed by atoms with Gasteiger partial charge in [-0.1, -0.05) is 29.8 Å². The van der Waals surface area contributed by atoms with Crippen LogP contribution in [0.4, 0.5) is 0 Å². The molecule has 41 heavy (non-hydrogen) atoms. The van der Waals surface area contributed by atoms with Crippen LogP contribution in [0.25, 0.3) is 16.3 Å². The minimum atomic E-state index is -3.25. The van der Waals surface area contributed by atoms with Crippen LogP contribution in [0.1, 0.15) is 69.3 Å². The molecule has 0 unspecified atom stereocenters. The number of ether oxygens (including phenoxy) is 1. The number of hydrogen-bond donors (Lipinski definition) is 0. The number of rotatable bonds is 7. The smallest absolute Gasteiger partial charge is 0.254 e. The van der Waals surface area contributed by atoms with Gasteiger partial charge in [0.15, 0.2) is 9.84 Å². The fraction of sp³-hybridized carbons (Fsp3) is 0.441. The fourth-order valence-electron chi connectivity index (χ4n) is 6.21. The Hall–Kier alpha value is -3.16. The summed E-state index contributed by atoms with van der Waals surface area (Å²) >= 11 is 0. The van der Waals surface area contributed by atoms with E-state index < -0.39 is 15.1 Å². The Morgan fingerprint density at radius 1 is 0.951 bits per heavy atom. The fourth-order valence-corrected chi connectivity index (χ4v) is 7.27. The molecule has 1 amide bonds. The van der Waals surface area contributed by atoms with Crippen molar-refractivity contribution in [1.82, 2.24) is 9.80 Å². The maximum atomic E-state index is 13.5. The number of piperidine rings is 2. The first kappa shape index (κ1) is 29.3. The SMILES string of the molecule is CCOc1ccc2c(C(=O)N3CCC(N4CCC(=C(C)c5ccc(S(=O)(=O)C(C)C)cc5)CC4)CC3)cccc2c1. The zero-order valence-electron chi connectivity index (χ0n) is 24.7. The lowest BCUT2D eigenvalue weighted by atomic mass is 9.92. The molecule has 2 fully saturated rings. The molecule has 2 aliphatic rings. The summed E-state index contributed by atoms with van der Waals surface area (Å²) in [5.41, 5.74) is 4.59. The van der Waals surface area contributed by atoms with Gasteiger partial charge in [-0.15, -0.1) is 0 Å². The van der Waals surface area contributed by atoms with Crippen molar-refractivity contribution in [3.05, 3.63) is 77.4 Å². The molecule has 3 aromatic carbocycles. The Morgan fingerprint density at radius 3 is 2.27 bits per heavy atom. The molecule has 2 aliphatic heterocycles. The summed E-state index contributed by atoms with van der Waals surface area (Å²) < 4.78 is 30.6. The quantitative estimate of drug-likeness (QED) is 0.318.